The molecular weight excluding hydrogens is 278 g/mol. The van der Waals surface area contributed by atoms with Crippen LogP contribution >= 0.6 is 0 Å². The normalized spacial score (nSPS) is 15.4. The van der Waals surface area contributed by atoms with E-state index in [1.54, 1.807) is 0 Å². The van der Waals surface area contributed by atoms with E-state index in [1.807, 2.05) is 0 Å². The van der Waals surface area contributed by atoms with Gasteiger partial charge in [-0.05, 0) is 51.2 Å². The molecule has 6 nitrogen and oxygen atoms in total. The van der Waals surface area contributed by atoms with Gasteiger partial charge in [-0.15, -0.1) is 0 Å². The molecule has 1 saturated heterocycles. The third-order valence-corrected chi connectivity index (χ3v) is 3.79. The SMILES string of the molecule is CC(C)COc1ncnc(NCCCCN2CCCC2)c1N. The lowest BCUT2D eigenvalue weighted by molar-refractivity contribution is 0.262. The first-order chi connectivity index (χ1) is 10.7. The molecule has 2 rings (SSSR count). The van der Waals surface area contributed by atoms with Gasteiger partial charge in [0.2, 0.25) is 5.88 Å². The van der Waals surface area contributed by atoms with Crippen molar-refractivity contribution in [2.24, 2.45) is 5.92 Å². The monoisotopic (exact) mass is 307 g/mol. The lowest BCUT2D eigenvalue weighted by Crippen LogP contribution is -2.21. The number of anilines is 2. The number of nitrogens with two attached hydrogens (primary N) is 1. The molecule has 3 N–H and O–H groups in total. The average Bonchev–Trinajstić information content (AvgIpc) is 3.00. The highest BCUT2D eigenvalue weighted by molar-refractivity contribution is 5.66. The van der Waals surface area contributed by atoms with E-state index in [9.17, 15) is 0 Å². The van der Waals surface area contributed by atoms with Gasteiger partial charge in [-0.2, -0.15) is 4.98 Å². The van der Waals surface area contributed by atoms with E-state index in [0.29, 0.717) is 29.9 Å². The van der Waals surface area contributed by atoms with E-state index in [-0.39, 0.29) is 0 Å². The van der Waals surface area contributed by atoms with Crippen LogP contribution in [-0.2, 0) is 0 Å². The Morgan fingerprint density at radius 3 is 2.77 bits per heavy atom. The van der Waals surface area contributed by atoms with Gasteiger partial charge in [0, 0.05) is 6.54 Å². The fourth-order valence-electron chi connectivity index (χ4n) is 2.55. The minimum atomic E-state index is 0.441. The quantitative estimate of drug-likeness (QED) is 0.682. The third kappa shape index (κ3) is 5.33. The Bertz CT molecular complexity index is 446. The molecule has 0 aromatic carbocycles. The van der Waals surface area contributed by atoms with Crippen LogP contribution in [0, 0.1) is 5.92 Å². The van der Waals surface area contributed by atoms with Crippen LogP contribution in [0.2, 0.25) is 0 Å². The van der Waals surface area contributed by atoms with Crippen molar-refractivity contribution < 1.29 is 4.74 Å². The van der Waals surface area contributed by atoms with E-state index in [1.165, 1.54) is 45.2 Å². The Hall–Kier alpha value is -1.56. The minimum Gasteiger partial charge on any atom is -0.476 e. The van der Waals surface area contributed by atoms with Crippen LogP contribution in [0.25, 0.3) is 0 Å². The predicted molar refractivity (Wildman–Crippen MR) is 90.2 cm³/mol. The summed E-state index contributed by atoms with van der Waals surface area (Å²) in [6.45, 7) is 9.40. The number of ether oxygens (including phenoxy) is 1. The van der Waals surface area contributed by atoms with Crippen LogP contribution in [0.15, 0.2) is 6.33 Å². The third-order valence-electron chi connectivity index (χ3n) is 3.79. The fraction of sp³-hybridized carbons (Fsp3) is 0.750. The first-order valence-electron chi connectivity index (χ1n) is 8.36. The molecule has 0 saturated carbocycles. The van der Waals surface area contributed by atoms with Gasteiger partial charge in [-0.25, -0.2) is 4.98 Å². The average molecular weight is 307 g/mol. The molecule has 22 heavy (non-hydrogen) atoms. The van der Waals surface area contributed by atoms with Gasteiger partial charge >= 0.3 is 0 Å². The molecular formula is C16H29N5O. The number of nitrogen functional groups attached to an aromatic ring is 1. The molecule has 0 spiro atoms. The molecule has 2 heterocycles. The fourth-order valence-corrected chi connectivity index (χ4v) is 2.55. The van der Waals surface area contributed by atoms with Crippen molar-refractivity contribution in [3.8, 4) is 5.88 Å². The number of unbranched alkanes of at least 4 members (excludes halogenated alkanes) is 1. The highest BCUT2D eigenvalue weighted by Gasteiger charge is 2.11. The van der Waals surface area contributed by atoms with Crippen molar-refractivity contribution in [3.63, 3.8) is 0 Å². The van der Waals surface area contributed by atoms with E-state index < -0.39 is 0 Å². The minimum absolute atomic E-state index is 0.441. The summed E-state index contributed by atoms with van der Waals surface area (Å²) in [4.78, 5) is 10.8. The number of likely N-dealkylation sites (tertiary alicyclic amines) is 1. The molecule has 0 aliphatic carbocycles. The van der Waals surface area contributed by atoms with E-state index in [0.717, 1.165) is 13.0 Å². The van der Waals surface area contributed by atoms with E-state index in [4.69, 9.17) is 10.5 Å². The first-order valence-corrected chi connectivity index (χ1v) is 8.36. The van der Waals surface area contributed by atoms with Gasteiger partial charge in [0.15, 0.2) is 5.82 Å². The van der Waals surface area contributed by atoms with Crippen molar-refractivity contribution in [1.82, 2.24) is 14.9 Å². The highest BCUT2D eigenvalue weighted by Crippen LogP contribution is 2.24. The summed E-state index contributed by atoms with van der Waals surface area (Å²) in [5.41, 5.74) is 6.57. The number of nitrogens with zero attached hydrogens (tertiary/aromatic N) is 3. The summed E-state index contributed by atoms with van der Waals surface area (Å²) in [6, 6.07) is 0. The number of nitrogens with one attached hydrogen (secondary N) is 1. The van der Waals surface area contributed by atoms with Crippen LogP contribution in [0.5, 0.6) is 5.88 Å². The Morgan fingerprint density at radius 2 is 2.05 bits per heavy atom. The predicted octanol–water partition coefficient (Wildman–Crippen LogP) is 2.38. The largest absolute Gasteiger partial charge is 0.476 e. The second-order valence-electron chi connectivity index (χ2n) is 6.33. The van der Waals surface area contributed by atoms with Gasteiger partial charge in [-0.1, -0.05) is 13.8 Å². The molecule has 1 fully saturated rings. The molecule has 124 valence electrons. The zero-order valence-corrected chi connectivity index (χ0v) is 13.8. The Kier molecular flexibility index (Phi) is 6.71. The van der Waals surface area contributed by atoms with Crippen LogP contribution in [-0.4, -0.2) is 47.7 Å². The summed E-state index contributed by atoms with van der Waals surface area (Å²) in [5.74, 6) is 1.59. The summed E-state index contributed by atoms with van der Waals surface area (Å²) in [6.07, 6.45) is 6.53. The Balaban J connectivity index is 1.71. The van der Waals surface area contributed by atoms with Gasteiger partial charge < -0.3 is 20.7 Å². The first kappa shape index (κ1) is 16.8. The maximum atomic E-state index is 6.06. The zero-order chi connectivity index (χ0) is 15.8. The highest BCUT2D eigenvalue weighted by atomic mass is 16.5. The maximum absolute atomic E-state index is 6.06. The topological polar surface area (TPSA) is 76.3 Å². The standard InChI is InChI=1S/C16H29N5O/c1-13(2)11-22-16-14(17)15(19-12-20-16)18-7-3-4-8-21-9-5-6-10-21/h12-13H,3-11,17H2,1-2H3,(H,18,19,20). The molecule has 0 amide bonds. The van der Waals surface area contributed by atoms with Gasteiger partial charge in [0.05, 0.1) is 6.61 Å². The van der Waals surface area contributed by atoms with Crippen molar-refractivity contribution in [2.75, 3.05) is 43.8 Å². The summed E-state index contributed by atoms with van der Waals surface area (Å²) in [7, 11) is 0. The molecule has 1 aliphatic rings. The van der Waals surface area contributed by atoms with Gasteiger partial charge in [0.1, 0.15) is 12.0 Å². The summed E-state index contributed by atoms with van der Waals surface area (Å²) >= 11 is 0. The Labute approximate surface area is 133 Å². The number of rotatable bonds is 9. The Morgan fingerprint density at radius 1 is 1.27 bits per heavy atom. The second-order valence-corrected chi connectivity index (χ2v) is 6.33. The van der Waals surface area contributed by atoms with E-state index >= 15 is 0 Å². The maximum Gasteiger partial charge on any atom is 0.242 e. The van der Waals surface area contributed by atoms with Crippen molar-refractivity contribution in [3.05, 3.63) is 6.33 Å². The number of aromatic nitrogens is 2. The number of hydrogen-bond donors (Lipinski definition) is 2. The molecule has 6 heteroatoms. The molecule has 1 aliphatic heterocycles. The van der Waals surface area contributed by atoms with Crippen LogP contribution < -0.4 is 15.8 Å². The molecule has 1 aromatic rings. The summed E-state index contributed by atoms with van der Waals surface area (Å²) in [5, 5.41) is 3.29. The van der Waals surface area contributed by atoms with Crippen LogP contribution in [0.3, 0.4) is 0 Å². The lowest BCUT2D eigenvalue weighted by Gasteiger charge is -2.15. The molecule has 0 bridgehead atoms. The van der Waals surface area contributed by atoms with Crippen molar-refractivity contribution >= 4 is 11.5 Å². The molecule has 0 unspecified atom stereocenters. The van der Waals surface area contributed by atoms with Crippen LogP contribution in [0.1, 0.15) is 39.5 Å². The van der Waals surface area contributed by atoms with E-state index in [2.05, 4.69) is 34.0 Å². The van der Waals surface area contributed by atoms with Crippen molar-refractivity contribution in [1.29, 1.82) is 0 Å². The zero-order valence-electron chi connectivity index (χ0n) is 13.8. The van der Waals surface area contributed by atoms with Crippen molar-refractivity contribution in [2.45, 2.75) is 39.5 Å². The van der Waals surface area contributed by atoms with Gasteiger partial charge in [0.25, 0.3) is 0 Å². The molecule has 1 aromatic heterocycles. The summed E-state index contributed by atoms with van der Waals surface area (Å²) < 4.78 is 5.61. The van der Waals surface area contributed by atoms with Crippen LogP contribution in [0.4, 0.5) is 11.5 Å². The molecule has 0 atom stereocenters. The second kappa shape index (κ2) is 8.78. The lowest BCUT2D eigenvalue weighted by atomic mass is 10.2. The molecule has 0 radical (unpaired) electrons. The number of hydrogen-bond acceptors (Lipinski definition) is 6. The van der Waals surface area contributed by atoms with Gasteiger partial charge in [-0.3, -0.25) is 0 Å². The smallest absolute Gasteiger partial charge is 0.242 e.